The van der Waals surface area contributed by atoms with Gasteiger partial charge in [-0.15, -0.1) is 0 Å². The van der Waals surface area contributed by atoms with Gasteiger partial charge in [-0.05, 0) is 19.3 Å². The summed E-state index contributed by atoms with van der Waals surface area (Å²) < 4.78 is 4.64. The normalized spacial score (nSPS) is 29.2. The second-order valence-electron chi connectivity index (χ2n) is 4.56. The Morgan fingerprint density at radius 1 is 1.29 bits per heavy atom. The second-order valence-corrected chi connectivity index (χ2v) is 4.56. The third kappa shape index (κ3) is 2.73. The lowest BCUT2D eigenvalue weighted by Gasteiger charge is -2.30. The second kappa shape index (κ2) is 5.94. The summed E-state index contributed by atoms with van der Waals surface area (Å²) in [6, 6.07) is 0. The van der Waals surface area contributed by atoms with Crippen LogP contribution in [0.2, 0.25) is 0 Å². The van der Waals surface area contributed by atoms with Crippen LogP contribution in [-0.4, -0.2) is 24.6 Å². The lowest BCUT2D eigenvalue weighted by Crippen LogP contribution is -2.44. The molecule has 0 aromatic rings. The quantitative estimate of drug-likeness (QED) is 0.555. The van der Waals surface area contributed by atoms with Gasteiger partial charge in [0.25, 0.3) is 0 Å². The molecular weight excluding hydrogens is 220 g/mol. The summed E-state index contributed by atoms with van der Waals surface area (Å²) >= 11 is 0. The largest absolute Gasteiger partial charge is 0.468 e. The zero-order valence-corrected chi connectivity index (χ0v) is 10.7. The van der Waals surface area contributed by atoms with Crippen molar-refractivity contribution < 1.29 is 19.1 Å². The summed E-state index contributed by atoms with van der Waals surface area (Å²) in [4.78, 5) is 35.6. The first-order chi connectivity index (χ1) is 8.06. The molecule has 0 amide bonds. The Morgan fingerprint density at radius 3 is 2.41 bits per heavy atom. The van der Waals surface area contributed by atoms with Crippen molar-refractivity contribution in [1.29, 1.82) is 0 Å². The lowest BCUT2D eigenvalue weighted by atomic mass is 9.71. The summed E-state index contributed by atoms with van der Waals surface area (Å²) in [7, 11) is 1.28. The van der Waals surface area contributed by atoms with E-state index in [-0.39, 0.29) is 17.5 Å². The van der Waals surface area contributed by atoms with Crippen molar-refractivity contribution >= 4 is 17.5 Å². The van der Waals surface area contributed by atoms with Crippen LogP contribution in [0.1, 0.15) is 39.5 Å². The van der Waals surface area contributed by atoms with Gasteiger partial charge in [0.2, 0.25) is 0 Å². The van der Waals surface area contributed by atoms with E-state index in [2.05, 4.69) is 4.74 Å². The van der Waals surface area contributed by atoms with Crippen molar-refractivity contribution in [3.8, 4) is 0 Å². The van der Waals surface area contributed by atoms with Crippen molar-refractivity contribution in [2.45, 2.75) is 39.5 Å². The first kappa shape index (κ1) is 13.9. The molecule has 0 aromatic carbocycles. The van der Waals surface area contributed by atoms with Crippen LogP contribution in [0.3, 0.4) is 0 Å². The van der Waals surface area contributed by atoms with E-state index >= 15 is 0 Å². The molecule has 0 spiro atoms. The Labute approximate surface area is 102 Å². The number of carbonyl (C=O) groups is 3. The predicted molar refractivity (Wildman–Crippen MR) is 62.3 cm³/mol. The van der Waals surface area contributed by atoms with Crippen LogP contribution in [0.4, 0.5) is 0 Å². The van der Waals surface area contributed by atoms with Gasteiger partial charge in [0.1, 0.15) is 11.7 Å². The molecule has 3 atom stereocenters. The molecule has 4 heteroatoms. The van der Waals surface area contributed by atoms with Gasteiger partial charge in [-0.25, -0.2) is 0 Å². The summed E-state index contributed by atoms with van der Waals surface area (Å²) in [6.07, 6.45) is 2.31. The number of ketones is 2. The molecule has 0 aliphatic heterocycles. The molecule has 1 aliphatic rings. The maximum atomic E-state index is 12.1. The molecule has 1 rings (SSSR count). The predicted octanol–water partition coefficient (Wildman–Crippen LogP) is 1.76. The minimum atomic E-state index is -0.737. The Morgan fingerprint density at radius 2 is 1.94 bits per heavy atom. The summed E-state index contributed by atoms with van der Waals surface area (Å²) in [5.41, 5.74) is 0. The minimum Gasteiger partial charge on any atom is -0.468 e. The van der Waals surface area contributed by atoms with Gasteiger partial charge in [0.05, 0.1) is 13.0 Å². The lowest BCUT2D eigenvalue weighted by molar-refractivity contribution is -0.155. The number of esters is 1. The van der Waals surface area contributed by atoms with Crippen LogP contribution < -0.4 is 0 Å². The van der Waals surface area contributed by atoms with E-state index in [1.54, 1.807) is 0 Å². The van der Waals surface area contributed by atoms with Gasteiger partial charge in [0.15, 0.2) is 5.78 Å². The number of methoxy groups -OCH3 is 1. The maximum absolute atomic E-state index is 12.1. The third-order valence-electron chi connectivity index (χ3n) is 3.51. The number of carbonyl (C=O) groups excluding carboxylic acids is 3. The van der Waals surface area contributed by atoms with Gasteiger partial charge in [-0.3, -0.25) is 14.4 Å². The Bertz CT molecular complexity index is 317. The number of ether oxygens (including phenoxy) is 1. The average Bonchev–Trinajstić information content (AvgIpc) is 2.34. The van der Waals surface area contributed by atoms with Crippen molar-refractivity contribution in [2.75, 3.05) is 7.11 Å². The van der Waals surface area contributed by atoms with Gasteiger partial charge >= 0.3 is 5.97 Å². The topological polar surface area (TPSA) is 60.4 Å². The van der Waals surface area contributed by atoms with E-state index in [1.807, 2.05) is 13.8 Å². The molecule has 0 radical (unpaired) electrons. The van der Waals surface area contributed by atoms with E-state index in [0.29, 0.717) is 19.3 Å². The van der Waals surface area contributed by atoms with Crippen LogP contribution in [-0.2, 0) is 19.1 Å². The van der Waals surface area contributed by atoms with Gasteiger partial charge in [0, 0.05) is 5.92 Å². The van der Waals surface area contributed by atoms with Gasteiger partial charge in [-0.2, -0.15) is 0 Å². The van der Waals surface area contributed by atoms with Crippen molar-refractivity contribution in [3.63, 3.8) is 0 Å². The number of Topliss-reactive ketones (excluding diaryl/α,β-unsaturated/α-hetero) is 2. The number of hydrogen-bond acceptors (Lipinski definition) is 4. The van der Waals surface area contributed by atoms with Crippen LogP contribution in [0.5, 0.6) is 0 Å². The third-order valence-corrected chi connectivity index (χ3v) is 3.51. The van der Waals surface area contributed by atoms with Gasteiger partial charge in [-0.1, -0.05) is 20.3 Å². The van der Waals surface area contributed by atoms with Crippen molar-refractivity contribution in [3.05, 3.63) is 0 Å². The van der Waals surface area contributed by atoms with E-state index in [9.17, 15) is 14.4 Å². The molecule has 96 valence electrons. The van der Waals surface area contributed by atoms with E-state index in [1.165, 1.54) is 7.11 Å². The molecule has 17 heavy (non-hydrogen) atoms. The molecule has 4 nitrogen and oxygen atoms in total. The molecule has 1 fully saturated rings. The Kier molecular flexibility index (Phi) is 4.85. The molecule has 0 heterocycles. The highest BCUT2D eigenvalue weighted by molar-refractivity contribution is 6.13. The maximum Gasteiger partial charge on any atom is 0.316 e. The Balaban J connectivity index is 2.93. The molecule has 1 saturated carbocycles. The summed E-state index contributed by atoms with van der Waals surface area (Å²) in [5.74, 6) is -2.23. The monoisotopic (exact) mass is 240 g/mol. The van der Waals surface area contributed by atoms with E-state index in [0.717, 1.165) is 6.42 Å². The first-order valence-electron chi connectivity index (χ1n) is 6.22. The van der Waals surface area contributed by atoms with Crippen LogP contribution in [0, 0.1) is 17.8 Å². The van der Waals surface area contributed by atoms with E-state index < -0.39 is 17.8 Å². The van der Waals surface area contributed by atoms with Crippen LogP contribution in [0.15, 0.2) is 0 Å². The highest BCUT2D eigenvalue weighted by atomic mass is 16.5. The van der Waals surface area contributed by atoms with E-state index in [4.69, 9.17) is 0 Å². The molecule has 3 unspecified atom stereocenters. The fraction of sp³-hybridized carbons (Fsp3) is 0.769. The summed E-state index contributed by atoms with van der Waals surface area (Å²) in [6.45, 7) is 3.85. The fourth-order valence-electron chi connectivity index (χ4n) is 2.48. The molecular formula is C13H20O4. The van der Waals surface area contributed by atoms with Crippen molar-refractivity contribution in [1.82, 2.24) is 0 Å². The SMILES string of the molecule is CCCC1C(=O)C(CC)CC(C(=O)OC)C1=O. The number of hydrogen-bond donors (Lipinski definition) is 0. The summed E-state index contributed by atoms with van der Waals surface area (Å²) in [5, 5.41) is 0. The standard InChI is InChI=1S/C13H20O4/c1-4-6-9-11(14)8(5-2)7-10(12(9)15)13(16)17-3/h8-10H,4-7H2,1-3H3. The molecule has 0 bridgehead atoms. The highest BCUT2D eigenvalue weighted by Gasteiger charge is 2.45. The van der Waals surface area contributed by atoms with Gasteiger partial charge < -0.3 is 4.74 Å². The molecule has 0 aromatic heterocycles. The van der Waals surface area contributed by atoms with Crippen LogP contribution in [0.25, 0.3) is 0 Å². The molecule has 1 aliphatic carbocycles. The fourth-order valence-corrected chi connectivity index (χ4v) is 2.48. The zero-order valence-electron chi connectivity index (χ0n) is 10.7. The number of rotatable bonds is 4. The van der Waals surface area contributed by atoms with Crippen molar-refractivity contribution in [2.24, 2.45) is 17.8 Å². The Hall–Kier alpha value is -1.19. The minimum absolute atomic E-state index is 0.0134. The zero-order chi connectivity index (χ0) is 13.0. The first-order valence-corrected chi connectivity index (χ1v) is 6.22. The average molecular weight is 240 g/mol. The molecule has 0 N–H and O–H groups in total. The van der Waals surface area contributed by atoms with Crippen LogP contribution >= 0.6 is 0 Å². The molecule has 0 saturated heterocycles. The highest BCUT2D eigenvalue weighted by Crippen LogP contribution is 2.32. The smallest absolute Gasteiger partial charge is 0.316 e.